The van der Waals surface area contributed by atoms with Crippen LogP contribution in [0.25, 0.3) is 10.8 Å². The van der Waals surface area contributed by atoms with Gasteiger partial charge in [-0.25, -0.2) is 0 Å². The molecule has 28 heavy (non-hydrogen) atoms. The number of nitrogens with one attached hydrogen (secondary N) is 2. The number of amides is 2. The van der Waals surface area contributed by atoms with E-state index in [-0.39, 0.29) is 31.8 Å². The van der Waals surface area contributed by atoms with Crippen molar-refractivity contribution in [2.45, 2.75) is 31.1 Å². The fraction of sp³-hybridized carbons (Fsp3) is 0.368. The second-order valence-corrected chi connectivity index (χ2v) is 6.64. The Bertz CT molecular complexity index is 860. The van der Waals surface area contributed by atoms with Crippen LogP contribution in [-0.2, 0) is 9.59 Å². The fourth-order valence-corrected chi connectivity index (χ4v) is 3.28. The summed E-state index contributed by atoms with van der Waals surface area (Å²) in [6.45, 7) is 0.101. The molecular weight excluding hydrogens is 395 g/mol. The summed E-state index contributed by atoms with van der Waals surface area (Å²) in [7, 11) is 0. The molecule has 0 spiro atoms. The summed E-state index contributed by atoms with van der Waals surface area (Å²) in [6.07, 6.45) is -4.99. The van der Waals surface area contributed by atoms with Gasteiger partial charge in [0.15, 0.2) is 0 Å². The summed E-state index contributed by atoms with van der Waals surface area (Å²) in [6, 6.07) is 10.9. The molecule has 2 aromatic rings. The topological polar surface area (TPSA) is 84.2 Å². The summed E-state index contributed by atoms with van der Waals surface area (Å²) in [5, 5.41) is 6.60. The number of halogens is 4. The molecule has 0 bridgehead atoms. The number of nitrogens with two attached hydrogens (primary N) is 1. The van der Waals surface area contributed by atoms with Crippen molar-refractivity contribution in [3.8, 4) is 0 Å². The van der Waals surface area contributed by atoms with Gasteiger partial charge in [-0.05, 0) is 35.2 Å². The quantitative estimate of drug-likeness (QED) is 0.671. The first kappa shape index (κ1) is 22.0. The molecule has 152 valence electrons. The van der Waals surface area contributed by atoms with Crippen molar-refractivity contribution in [2.24, 2.45) is 11.7 Å². The molecule has 2 aromatic carbocycles. The molecule has 2 amide bonds. The molecule has 0 saturated carbocycles. The van der Waals surface area contributed by atoms with Gasteiger partial charge in [-0.15, -0.1) is 12.4 Å². The summed E-state index contributed by atoms with van der Waals surface area (Å²) < 4.78 is 38.2. The van der Waals surface area contributed by atoms with E-state index in [1.165, 1.54) is 0 Å². The Morgan fingerprint density at radius 3 is 2.46 bits per heavy atom. The van der Waals surface area contributed by atoms with Crippen LogP contribution in [0.2, 0.25) is 0 Å². The highest BCUT2D eigenvalue weighted by atomic mass is 35.5. The molecule has 9 heteroatoms. The van der Waals surface area contributed by atoms with Gasteiger partial charge in [0.1, 0.15) is 12.0 Å². The number of hydrogen-bond acceptors (Lipinski definition) is 3. The molecule has 1 saturated heterocycles. The van der Waals surface area contributed by atoms with Crippen LogP contribution >= 0.6 is 12.4 Å². The molecule has 5 nitrogen and oxygen atoms in total. The van der Waals surface area contributed by atoms with Crippen LogP contribution in [0.4, 0.5) is 13.2 Å². The van der Waals surface area contributed by atoms with E-state index in [1.54, 1.807) is 0 Å². The molecule has 0 aliphatic carbocycles. The minimum atomic E-state index is -4.51. The predicted molar refractivity (Wildman–Crippen MR) is 102 cm³/mol. The van der Waals surface area contributed by atoms with Gasteiger partial charge in [0.05, 0.1) is 6.04 Å². The molecule has 4 N–H and O–H groups in total. The van der Waals surface area contributed by atoms with Crippen LogP contribution < -0.4 is 16.4 Å². The minimum absolute atomic E-state index is 0. The molecule has 1 aliphatic rings. The lowest BCUT2D eigenvalue weighted by molar-refractivity contribution is -0.171. The average molecular weight is 416 g/mol. The molecule has 1 heterocycles. The first-order valence-corrected chi connectivity index (χ1v) is 8.66. The lowest BCUT2D eigenvalue weighted by Gasteiger charge is -2.30. The number of piperidine rings is 1. The van der Waals surface area contributed by atoms with Gasteiger partial charge in [0, 0.05) is 6.54 Å². The van der Waals surface area contributed by atoms with Crippen molar-refractivity contribution in [2.75, 3.05) is 6.54 Å². The van der Waals surface area contributed by atoms with Gasteiger partial charge < -0.3 is 16.4 Å². The van der Waals surface area contributed by atoms with Gasteiger partial charge in [0.2, 0.25) is 11.8 Å². The minimum Gasteiger partial charge on any atom is -0.347 e. The Balaban J connectivity index is 0.00000280. The molecule has 3 unspecified atom stereocenters. The van der Waals surface area contributed by atoms with E-state index >= 15 is 0 Å². The number of benzene rings is 2. The van der Waals surface area contributed by atoms with E-state index in [0.717, 1.165) is 16.3 Å². The molecule has 1 fully saturated rings. The average Bonchev–Trinajstić information content (AvgIpc) is 2.64. The Labute approximate surface area is 166 Å². The number of alkyl halides is 3. The van der Waals surface area contributed by atoms with Gasteiger partial charge in [-0.2, -0.15) is 13.2 Å². The molecule has 0 radical (unpaired) electrons. The maximum Gasteiger partial charge on any atom is 0.408 e. The van der Waals surface area contributed by atoms with E-state index in [9.17, 15) is 22.8 Å². The molecule has 0 aromatic heterocycles. The number of hydrogen-bond donors (Lipinski definition) is 3. The number of carbonyl (C=O) groups excluding carboxylic acids is 2. The summed E-state index contributed by atoms with van der Waals surface area (Å²) in [5.41, 5.74) is 6.55. The van der Waals surface area contributed by atoms with Crippen molar-refractivity contribution >= 4 is 35.0 Å². The summed E-state index contributed by atoms with van der Waals surface area (Å²) in [4.78, 5) is 24.4. The Morgan fingerprint density at radius 2 is 1.86 bits per heavy atom. The van der Waals surface area contributed by atoms with Gasteiger partial charge in [0.25, 0.3) is 0 Å². The van der Waals surface area contributed by atoms with Crippen LogP contribution in [0.5, 0.6) is 0 Å². The highest BCUT2D eigenvalue weighted by molar-refractivity contribution is 6.01. The normalized spacial score (nSPS) is 20.8. The van der Waals surface area contributed by atoms with Gasteiger partial charge in [-0.1, -0.05) is 36.4 Å². The third kappa shape index (κ3) is 4.74. The standard InChI is InChI=1S/C19H20F3N3O2.ClH/c20-19(21,22)16-8-7-14(18(27)25-16)17(26)24-15(10-23)13-6-5-11-3-1-2-4-12(11)9-13;/h1-6,9,14-16H,7-8,10,23H2,(H,24,26)(H,25,27);1H. The van der Waals surface area contributed by atoms with Crippen LogP contribution in [-0.4, -0.2) is 30.6 Å². The van der Waals surface area contributed by atoms with Crippen LogP contribution in [0.15, 0.2) is 42.5 Å². The fourth-order valence-electron chi connectivity index (χ4n) is 3.28. The third-order valence-electron chi connectivity index (χ3n) is 4.82. The highest BCUT2D eigenvalue weighted by Crippen LogP contribution is 2.29. The van der Waals surface area contributed by atoms with Crippen LogP contribution in [0.1, 0.15) is 24.4 Å². The second-order valence-electron chi connectivity index (χ2n) is 6.64. The Hall–Kier alpha value is -2.32. The van der Waals surface area contributed by atoms with Crippen molar-refractivity contribution in [3.05, 3.63) is 48.0 Å². The lowest BCUT2D eigenvalue weighted by Crippen LogP contribution is -2.55. The zero-order valence-electron chi connectivity index (χ0n) is 14.8. The predicted octanol–water partition coefficient (Wildman–Crippen LogP) is 2.83. The Morgan fingerprint density at radius 1 is 1.18 bits per heavy atom. The highest BCUT2D eigenvalue weighted by Gasteiger charge is 2.46. The van der Waals surface area contributed by atoms with E-state index in [1.807, 2.05) is 47.8 Å². The molecule has 1 aliphatic heterocycles. The monoisotopic (exact) mass is 415 g/mol. The summed E-state index contributed by atoms with van der Waals surface area (Å²) >= 11 is 0. The van der Waals surface area contributed by atoms with E-state index in [0.29, 0.717) is 0 Å². The zero-order chi connectivity index (χ0) is 19.6. The van der Waals surface area contributed by atoms with Crippen molar-refractivity contribution in [1.82, 2.24) is 10.6 Å². The second kappa shape index (κ2) is 8.79. The lowest BCUT2D eigenvalue weighted by atomic mass is 9.92. The molecular formula is C19H21ClF3N3O2. The van der Waals surface area contributed by atoms with Crippen LogP contribution in [0.3, 0.4) is 0 Å². The van der Waals surface area contributed by atoms with Crippen molar-refractivity contribution in [1.29, 1.82) is 0 Å². The maximum absolute atomic E-state index is 12.7. The third-order valence-corrected chi connectivity index (χ3v) is 4.82. The number of carbonyl (C=O) groups is 2. The SMILES string of the molecule is Cl.NCC(NC(=O)C1CCC(C(F)(F)F)NC1=O)c1ccc2ccccc2c1. The zero-order valence-corrected chi connectivity index (χ0v) is 15.6. The van der Waals surface area contributed by atoms with E-state index in [4.69, 9.17) is 5.73 Å². The maximum atomic E-state index is 12.7. The van der Waals surface area contributed by atoms with Gasteiger partial charge >= 0.3 is 6.18 Å². The van der Waals surface area contributed by atoms with E-state index in [2.05, 4.69) is 5.32 Å². The van der Waals surface area contributed by atoms with Gasteiger partial charge in [-0.3, -0.25) is 9.59 Å². The summed E-state index contributed by atoms with van der Waals surface area (Å²) in [5.74, 6) is -2.68. The molecule has 3 rings (SSSR count). The van der Waals surface area contributed by atoms with Crippen LogP contribution in [0, 0.1) is 5.92 Å². The van der Waals surface area contributed by atoms with Crippen molar-refractivity contribution in [3.63, 3.8) is 0 Å². The first-order chi connectivity index (χ1) is 12.8. The van der Waals surface area contributed by atoms with E-state index < -0.39 is 36.0 Å². The number of fused-ring (bicyclic) bond motifs is 1. The first-order valence-electron chi connectivity index (χ1n) is 8.66. The smallest absolute Gasteiger partial charge is 0.347 e. The molecule has 3 atom stereocenters. The van der Waals surface area contributed by atoms with Crippen molar-refractivity contribution < 1.29 is 22.8 Å². The largest absolute Gasteiger partial charge is 0.408 e. The number of rotatable bonds is 4. The Kier molecular flexibility index (Phi) is 6.90.